The Kier molecular flexibility index (Phi) is 6.28. The summed E-state index contributed by atoms with van der Waals surface area (Å²) in [7, 11) is 0. The smallest absolute Gasteiger partial charge is 0.413 e. The van der Waals surface area contributed by atoms with Crippen molar-refractivity contribution >= 4 is 22.6 Å². The summed E-state index contributed by atoms with van der Waals surface area (Å²) in [5.74, 6) is 0. The third-order valence-electron chi connectivity index (χ3n) is 3.23. The predicted molar refractivity (Wildman–Crippen MR) is 94.3 cm³/mol. The number of rotatable bonds is 7. The number of ether oxygens (including phenoxy) is 2. The molecule has 130 valence electrons. The highest BCUT2D eigenvalue weighted by Crippen LogP contribution is 2.29. The van der Waals surface area contributed by atoms with E-state index in [-0.39, 0.29) is 6.10 Å². The molecular weight excluding hydrogens is 326 g/mol. The van der Waals surface area contributed by atoms with E-state index in [0.29, 0.717) is 18.2 Å². The van der Waals surface area contributed by atoms with E-state index in [1.807, 2.05) is 45.2 Å². The van der Waals surface area contributed by atoms with Gasteiger partial charge in [0.05, 0.1) is 18.4 Å². The molecule has 0 radical (unpaired) electrons. The Hall–Kier alpha value is -1.99. The first kappa shape index (κ1) is 18.4. The van der Waals surface area contributed by atoms with Crippen molar-refractivity contribution in [3.05, 3.63) is 41.2 Å². The van der Waals surface area contributed by atoms with Crippen LogP contribution in [0.25, 0.3) is 0 Å². The molecule has 0 saturated heterocycles. The van der Waals surface area contributed by atoms with Gasteiger partial charge in [-0.25, -0.2) is 9.78 Å². The zero-order valence-corrected chi connectivity index (χ0v) is 15.2. The molecule has 0 unspecified atom stereocenters. The fraction of sp³-hybridized carbons (Fsp3) is 0.471. The lowest BCUT2D eigenvalue weighted by atomic mass is 10.1. The Labute approximate surface area is 146 Å². The molecule has 2 aromatic heterocycles. The summed E-state index contributed by atoms with van der Waals surface area (Å²) in [6.45, 7) is 8.18. The molecule has 0 aromatic carbocycles. The maximum absolute atomic E-state index is 11.8. The highest BCUT2D eigenvalue weighted by atomic mass is 32.1. The topological polar surface area (TPSA) is 73.3 Å². The summed E-state index contributed by atoms with van der Waals surface area (Å²) < 4.78 is 11.0. The van der Waals surface area contributed by atoms with E-state index in [9.17, 15) is 4.79 Å². The van der Waals surface area contributed by atoms with Gasteiger partial charge in [0.1, 0.15) is 5.60 Å². The van der Waals surface area contributed by atoms with Crippen molar-refractivity contribution in [3.63, 3.8) is 0 Å². The van der Waals surface area contributed by atoms with Crippen molar-refractivity contribution in [1.82, 2.24) is 9.97 Å². The molecule has 1 N–H and O–H groups in total. The van der Waals surface area contributed by atoms with Gasteiger partial charge in [-0.3, -0.25) is 10.3 Å². The molecular formula is C17H23N3O3S. The molecule has 0 aliphatic heterocycles. The minimum atomic E-state index is -0.507. The minimum Gasteiger partial charge on any atom is -0.449 e. The largest absolute Gasteiger partial charge is 0.449 e. The number of carbonyl (C=O) groups excluding carboxylic acids is 1. The van der Waals surface area contributed by atoms with Crippen molar-refractivity contribution < 1.29 is 14.3 Å². The maximum Gasteiger partial charge on any atom is 0.413 e. The summed E-state index contributed by atoms with van der Waals surface area (Å²) in [4.78, 5) is 20.2. The number of nitrogens with one attached hydrogen (secondary N) is 1. The predicted octanol–water partition coefficient (Wildman–Crippen LogP) is 3.99. The van der Waals surface area contributed by atoms with Crippen molar-refractivity contribution in [2.24, 2.45) is 0 Å². The lowest BCUT2D eigenvalue weighted by Crippen LogP contribution is -2.26. The van der Waals surface area contributed by atoms with Crippen LogP contribution < -0.4 is 5.32 Å². The summed E-state index contributed by atoms with van der Waals surface area (Å²) in [5.41, 5.74) is 1.35. The Morgan fingerprint density at radius 3 is 2.71 bits per heavy atom. The van der Waals surface area contributed by atoms with Gasteiger partial charge in [-0.15, -0.1) is 11.3 Å². The first-order valence-electron chi connectivity index (χ1n) is 7.83. The van der Waals surface area contributed by atoms with Gasteiger partial charge in [0.25, 0.3) is 0 Å². The highest BCUT2D eigenvalue weighted by Gasteiger charge is 2.26. The molecule has 6 nitrogen and oxygen atoms in total. The monoisotopic (exact) mass is 349 g/mol. The van der Waals surface area contributed by atoms with Crippen molar-refractivity contribution in [3.8, 4) is 0 Å². The number of pyridine rings is 1. The van der Waals surface area contributed by atoms with Crippen LogP contribution in [0.1, 0.15) is 39.0 Å². The number of anilines is 1. The van der Waals surface area contributed by atoms with E-state index < -0.39 is 11.7 Å². The van der Waals surface area contributed by atoms with Gasteiger partial charge in [-0.05, 0) is 45.4 Å². The molecule has 0 aliphatic rings. The minimum absolute atomic E-state index is 0.0938. The van der Waals surface area contributed by atoms with Crippen LogP contribution in [0.15, 0.2) is 29.9 Å². The first-order chi connectivity index (χ1) is 11.4. The number of hydrogen-bond donors (Lipinski definition) is 1. The SMILES string of the molecule is CC(C)OC(C)(C)c1csc(NC(=O)OCCc2ccncc2)n1. The van der Waals surface area contributed by atoms with Gasteiger partial charge < -0.3 is 9.47 Å². The third kappa shape index (κ3) is 5.58. The Morgan fingerprint density at radius 2 is 2.04 bits per heavy atom. The second-order valence-corrected chi connectivity index (χ2v) is 6.94. The van der Waals surface area contributed by atoms with Crippen LogP contribution in [0.3, 0.4) is 0 Å². The Bertz CT molecular complexity index is 656. The van der Waals surface area contributed by atoms with Crippen molar-refractivity contribution in [2.75, 3.05) is 11.9 Å². The molecule has 0 atom stereocenters. The highest BCUT2D eigenvalue weighted by molar-refractivity contribution is 7.13. The number of hydrogen-bond acceptors (Lipinski definition) is 6. The molecule has 1 amide bonds. The molecule has 2 aromatic rings. The lowest BCUT2D eigenvalue weighted by Gasteiger charge is -2.25. The average Bonchev–Trinajstić information content (AvgIpc) is 2.96. The van der Waals surface area contributed by atoms with Gasteiger partial charge >= 0.3 is 6.09 Å². The van der Waals surface area contributed by atoms with Crippen LogP contribution >= 0.6 is 11.3 Å². The Morgan fingerprint density at radius 1 is 1.33 bits per heavy atom. The van der Waals surface area contributed by atoms with Gasteiger partial charge in [-0.1, -0.05) is 0 Å². The first-order valence-corrected chi connectivity index (χ1v) is 8.71. The number of carbonyl (C=O) groups is 1. The molecule has 0 spiro atoms. The van der Waals surface area contributed by atoms with Gasteiger partial charge in [-0.2, -0.15) is 0 Å². The molecule has 0 fully saturated rings. The van der Waals surface area contributed by atoms with Gasteiger partial charge in [0.2, 0.25) is 0 Å². The summed E-state index contributed by atoms with van der Waals surface area (Å²) in [6.07, 6.45) is 3.67. The normalized spacial score (nSPS) is 11.5. The van der Waals surface area contributed by atoms with E-state index in [0.717, 1.165) is 11.3 Å². The molecule has 0 aliphatic carbocycles. The van der Waals surface area contributed by atoms with Crippen molar-refractivity contribution in [1.29, 1.82) is 0 Å². The fourth-order valence-electron chi connectivity index (χ4n) is 2.19. The number of aromatic nitrogens is 2. The molecule has 24 heavy (non-hydrogen) atoms. The summed E-state index contributed by atoms with van der Waals surface area (Å²) >= 11 is 1.35. The van der Waals surface area contributed by atoms with Crippen molar-refractivity contribution in [2.45, 2.75) is 45.8 Å². The average molecular weight is 349 g/mol. The molecule has 7 heteroatoms. The van der Waals surface area contributed by atoms with E-state index >= 15 is 0 Å². The summed E-state index contributed by atoms with van der Waals surface area (Å²) in [5, 5.41) is 5.04. The van der Waals surface area contributed by atoms with E-state index in [4.69, 9.17) is 9.47 Å². The van der Waals surface area contributed by atoms with Crippen LogP contribution in [0.2, 0.25) is 0 Å². The number of nitrogens with zero attached hydrogens (tertiary/aromatic N) is 2. The molecule has 2 rings (SSSR count). The van der Waals surface area contributed by atoms with Gasteiger partial charge in [0, 0.05) is 24.2 Å². The molecule has 2 heterocycles. The van der Waals surface area contributed by atoms with Crippen LogP contribution in [-0.4, -0.2) is 28.8 Å². The number of amides is 1. The summed E-state index contributed by atoms with van der Waals surface area (Å²) in [6, 6.07) is 3.79. The lowest BCUT2D eigenvalue weighted by molar-refractivity contribution is -0.0623. The van der Waals surface area contributed by atoms with E-state index in [1.165, 1.54) is 11.3 Å². The molecule has 0 saturated carbocycles. The second kappa shape index (κ2) is 8.21. The second-order valence-electron chi connectivity index (χ2n) is 6.08. The quantitative estimate of drug-likeness (QED) is 0.818. The van der Waals surface area contributed by atoms with Crippen LogP contribution in [0.5, 0.6) is 0 Å². The zero-order valence-electron chi connectivity index (χ0n) is 14.4. The maximum atomic E-state index is 11.8. The Balaban J connectivity index is 1.82. The standard InChI is InChI=1S/C17H23N3O3S/c1-12(2)23-17(3,4)14-11-24-15(19-14)20-16(21)22-10-7-13-5-8-18-9-6-13/h5-6,8-9,11-12H,7,10H2,1-4H3,(H,19,20,21). The van der Waals surface area contributed by atoms with Crippen LogP contribution in [-0.2, 0) is 21.5 Å². The van der Waals surface area contributed by atoms with Crippen LogP contribution in [0, 0.1) is 0 Å². The van der Waals surface area contributed by atoms with E-state index in [1.54, 1.807) is 12.4 Å². The fourth-order valence-corrected chi connectivity index (χ4v) is 3.04. The molecule has 0 bridgehead atoms. The third-order valence-corrected chi connectivity index (χ3v) is 3.99. The van der Waals surface area contributed by atoms with Crippen LogP contribution in [0.4, 0.5) is 9.93 Å². The zero-order chi connectivity index (χ0) is 17.6. The van der Waals surface area contributed by atoms with Gasteiger partial charge in [0.15, 0.2) is 5.13 Å². The van der Waals surface area contributed by atoms with E-state index in [2.05, 4.69) is 15.3 Å². The number of thiazole rings is 1.